The van der Waals surface area contributed by atoms with Crippen LogP contribution in [0.15, 0.2) is 18.2 Å². The highest BCUT2D eigenvalue weighted by Gasteiger charge is 2.56. The molecule has 5 unspecified atom stereocenters. The minimum absolute atomic E-state index is 0.0951. The molecule has 156 valence electrons. The van der Waals surface area contributed by atoms with E-state index in [1.165, 1.54) is 44.1 Å². The molecule has 2 nitrogen and oxygen atoms in total. The minimum atomic E-state index is -0.0951. The molecule has 2 saturated carbocycles. The predicted octanol–water partition coefficient (Wildman–Crippen LogP) is 6.76. The molecule has 28 heavy (non-hydrogen) atoms. The van der Waals surface area contributed by atoms with E-state index in [1.54, 1.807) is 12.7 Å². The second-order valence-electron chi connectivity index (χ2n) is 11.5. The Balaban J connectivity index is 1.57. The van der Waals surface area contributed by atoms with Crippen LogP contribution in [0, 0.1) is 22.7 Å². The first-order chi connectivity index (χ1) is 13.1. The van der Waals surface area contributed by atoms with Crippen LogP contribution in [-0.2, 0) is 11.2 Å². The summed E-state index contributed by atoms with van der Waals surface area (Å²) in [5.41, 5.74) is 3.54. The first-order valence-corrected chi connectivity index (χ1v) is 11.4. The van der Waals surface area contributed by atoms with Crippen molar-refractivity contribution in [2.24, 2.45) is 22.7 Å². The highest BCUT2D eigenvalue weighted by atomic mass is 16.5. The third-order valence-corrected chi connectivity index (χ3v) is 9.09. The number of ether oxygens (including phenoxy) is 2. The summed E-state index contributed by atoms with van der Waals surface area (Å²) in [6.07, 6.45) is 8.14. The quantitative estimate of drug-likeness (QED) is 0.573. The minimum Gasteiger partial charge on any atom is -0.497 e. The van der Waals surface area contributed by atoms with Crippen LogP contribution in [-0.4, -0.2) is 18.8 Å². The maximum atomic E-state index is 6.90. The van der Waals surface area contributed by atoms with Crippen LogP contribution in [0.25, 0.3) is 0 Å². The predicted molar refractivity (Wildman–Crippen MR) is 116 cm³/mol. The van der Waals surface area contributed by atoms with Crippen molar-refractivity contribution in [1.82, 2.24) is 0 Å². The Morgan fingerprint density at radius 2 is 1.75 bits per heavy atom. The van der Waals surface area contributed by atoms with Gasteiger partial charge in [-0.05, 0) is 104 Å². The first-order valence-electron chi connectivity index (χ1n) is 11.4. The van der Waals surface area contributed by atoms with E-state index in [1.807, 2.05) is 0 Å². The Morgan fingerprint density at radius 1 is 1.00 bits per heavy atom. The van der Waals surface area contributed by atoms with E-state index >= 15 is 0 Å². The molecular weight excluding hydrogens is 344 g/mol. The fourth-order valence-corrected chi connectivity index (χ4v) is 6.36. The van der Waals surface area contributed by atoms with Gasteiger partial charge in [0, 0.05) is 0 Å². The van der Waals surface area contributed by atoms with E-state index in [9.17, 15) is 0 Å². The van der Waals surface area contributed by atoms with E-state index in [-0.39, 0.29) is 11.0 Å². The molecule has 1 aromatic carbocycles. The normalized spacial score (nSPS) is 35.1. The Bertz CT molecular complexity index is 728. The fraction of sp³-hybridized carbons (Fsp3) is 0.769. The maximum Gasteiger partial charge on any atom is 0.119 e. The number of fused-ring (bicyclic) bond motifs is 5. The van der Waals surface area contributed by atoms with Crippen LogP contribution in [0.4, 0.5) is 0 Å². The van der Waals surface area contributed by atoms with Gasteiger partial charge in [-0.25, -0.2) is 0 Å². The van der Waals surface area contributed by atoms with E-state index in [0.29, 0.717) is 11.5 Å². The van der Waals surface area contributed by atoms with Gasteiger partial charge in [0.15, 0.2) is 0 Å². The molecule has 2 fully saturated rings. The van der Waals surface area contributed by atoms with Gasteiger partial charge in [-0.3, -0.25) is 0 Å². The molecule has 4 rings (SSSR count). The Hall–Kier alpha value is -1.02. The first kappa shape index (κ1) is 20.3. The Morgan fingerprint density at radius 3 is 2.43 bits per heavy atom. The average molecular weight is 385 g/mol. The van der Waals surface area contributed by atoms with Crippen LogP contribution < -0.4 is 4.74 Å². The highest BCUT2D eigenvalue weighted by Crippen LogP contribution is 2.62. The molecule has 0 saturated heterocycles. The van der Waals surface area contributed by atoms with Gasteiger partial charge in [-0.2, -0.15) is 0 Å². The van der Waals surface area contributed by atoms with E-state index in [0.717, 1.165) is 23.5 Å². The molecule has 5 atom stereocenters. The van der Waals surface area contributed by atoms with E-state index in [4.69, 9.17) is 9.47 Å². The standard InChI is InChI=1S/C26H40O2/c1-24(2,3)25(4,5)28-23-13-12-22-21-10-8-17-16-18(27-7)9-11-19(17)20(21)14-15-26(22,23)6/h9,11,16,20-23H,8,10,12-15H2,1-7H3. The van der Waals surface area contributed by atoms with Crippen molar-refractivity contribution in [3.05, 3.63) is 29.3 Å². The van der Waals surface area contributed by atoms with Crippen LogP contribution in [0.3, 0.4) is 0 Å². The van der Waals surface area contributed by atoms with E-state index < -0.39 is 0 Å². The summed E-state index contributed by atoms with van der Waals surface area (Å²) in [6.45, 7) is 14.1. The molecular formula is C26H40O2. The van der Waals surface area contributed by atoms with Gasteiger partial charge >= 0.3 is 0 Å². The summed E-state index contributed by atoms with van der Waals surface area (Å²) in [4.78, 5) is 0. The number of benzene rings is 1. The van der Waals surface area contributed by atoms with Crippen LogP contribution >= 0.6 is 0 Å². The molecule has 0 heterocycles. The fourth-order valence-electron chi connectivity index (χ4n) is 6.36. The molecule has 0 N–H and O–H groups in total. The second kappa shape index (κ2) is 6.76. The zero-order valence-corrected chi connectivity index (χ0v) is 19.1. The SMILES string of the molecule is COc1ccc2c(c1)CCC1C2CCC2(C)C(OC(C)(C)C(C)(C)C)CCC12. The molecule has 0 aliphatic heterocycles. The Kier molecular flexibility index (Phi) is 4.89. The van der Waals surface area contributed by atoms with Crippen LogP contribution in [0.2, 0.25) is 0 Å². The molecule has 3 aliphatic carbocycles. The van der Waals surface area contributed by atoms with Gasteiger partial charge in [0.1, 0.15) is 5.75 Å². The summed E-state index contributed by atoms with van der Waals surface area (Å²) in [5.74, 6) is 3.38. The van der Waals surface area contributed by atoms with Crippen molar-refractivity contribution < 1.29 is 9.47 Å². The van der Waals surface area contributed by atoms with Crippen LogP contribution in [0.1, 0.15) is 90.7 Å². The number of hydrogen-bond donors (Lipinski definition) is 0. The van der Waals surface area contributed by atoms with Crippen molar-refractivity contribution in [1.29, 1.82) is 0 Å². The Labute approximate surface area is 172 Å². The molecule has 0 aromatic heterocycles. The maximum absolute atomic E-state index is 6.90. The summed E-state index contributed by atoms with van der Waals surface area (Å²) >= 11 is 0. The van der Waals surface area contributed by atoms with E-state index in [2.05, 4.69) is 59.7 Å². The number of hydrogen-bond acceptors (Lipinski definition) is 2. The summed E-state index contributed by atoms with van der Waals surface area (Å²) in [7, 11) is 1.77. The van der Waals surface area contributed by atoms with Gasteiger partial charge in [0.25, 0.3) is 0 Å². The lowest BCUT2D eigenvalue weighted by Crippen LogP contribution is -2.49. The average Bonchev–Trinajstić information content (AvgIpc) is 2.96. The van der Waals surface area contributed by atoms with Gasteiger partial charge in [-0.15, -0.1) is 0 Å². The molecule has 2 heteroatoms. The lowest BCUT2D eigenvalue weighted by molar-refractivity contribution is -0.171. The summed E-state index contributed by atoms with van der Waals surface area (Å²) in [5, 5.41) is 0. The van der Waals surface area contributed by atoms with Crippen molar-refractivity contribution in [3.63, 3.8) is 0 Å². The second-order valence-corrected chi connectivity index (χ2v) is 11.5. The highest BCUT2D eigenvalue weighted by molar-refractivity contribution is 5.40. The lowest BCUT2D eigenvalue weighted by Gasteiger charge is -2.52. The number of methoxy groups -OCH3 is 1. The van der Waals surface area contributed by atoms with Gasteiger partial charge < -0.3 is 9.47 Å². The van der Waals surface area contributed by atoms with Gasteiger partial charge in [-0.1, -0.05) is 33.8 Å². The number of rotatable bonds is 3. The molecule has 0 radical (unpaired) electrons. The van der Waals surface area contributed by atoms with Crippen molar-refractivity contribution >= 4 is 0 Å². The number of aryl methyl sites for hydroxylation is 1. The third kappa shape index (κ3) is 3.11. The molecule has 3 aliphatic rings. The molecule has 0 spiro atoms. The zero-order valence-electron chi connectivity index (χ0n) is 19.1. The smallest absolute Gasteiger partial charge is 0.119 e. The van der Waals surface area contributed by atoms with Crippen molar-refractivity contribution in [2.75, 3.05) is 7.11 Å². The largest absolute Gasteiger partial charge is 0.497 e. The summed E-state index contributed by atoms with van der Waals surface area (Å²) < 4.78 is 12.4. The molecule has 1 aromatic rings. The summed E-state index contributed by atoms with van der Waals surface area (Å²) in [6, 6.07) is 6.81. The van der Waals surface area contributed by atoms with Gasteiger partial charge in [0.2, 0.25) is 0 Å². The van der Waals surface area contributed by atoms with Crippen molar-refractivity contribution in [3.8, 4) is 5.75 Å². The lowest BCUT2D eigenvalue weighted by atomic mass is 9.55. The third-order valence-electron chi connectivity index (χ3n) is 9.09. The monoisotopic (exact) mass is 384 g/mol. The molecule has 0 bridgehead atoms. The van der Waals surface area contributed by atoms with Crippen LogP contribution in [0.5, 0.6) is 5.75 Å². The van der Waals surface area contributed by atoms with Crippen molar-refractivity contribution in [2.45, 2.75) is 97.7 Å². The van der Waals surface area contributed by atoms with Gasteiger partial charge in [0.05, 0.1) is 18.8 Å². The molecule has 0 amide bonds. The topological polar surface area (TPSA) is 18.5 Å². The zero-order chi connectivity index (χ0) is 20.3.